The van der Waals surface area contributed by atoms with Gasteiger partial charge >= 0.3 is 0 Å². The van der Waals surface area contributed by atoms with Crippen molar-refractivity contribution in [3.8, 4) is 0 Å². The number of rotatable bonds is 4. The van der Waals surface area contributed by atoms with E-state index in [0.29, 0.717) is 5.92 Å². The summed E-state index contributed by atoms with van der Waals surface area (Å²) in [7, 11) is 0. The van der Waals surface area contributed by atoms with Crippen LogP contribution in [0.1, 0.15) is 41.3 Å². The second-order valence-corrected chi connectivity index (χ2v) is 6.81. The Kier molecular flexibility index (Phi) is 7.03. The number of nitrogens with zero attached hydrogens (tertiary/aromatic N) is 1. The third-order valence-electron chi connectivity index (χ3n) is 5.06. The second-order valence-electron chi connectivity index (χ2n) is 6.81. The number of carbonyl (C=O) groups is 1. The summed E-state index contributed by atoms with van der Waals surface area (Å²) in [4.78, 5) is 15.0. The molecule has 1 unspecified atom stereocenters. The van der Waals surface area contributed by atoms with Crippen LogP contribution in [0, 0.1) is 5.92 Å². The molecule has 3 rings (SSSR count). The zero-order valence-corrected chi connectivity index (χ0v) is 15.5. The van der Waals surface area contributed by atoms with Gasteiger partial charge in [-0.25, -0.2) is 0 Å². The molecular weight excluding hydrogens is 332 g/mol. The van der Waals surface area contributed by atoms with Crippen molar-refractivity contribution in [1.82, 2.24) is 4.90 Å². The Hall–Kier alpha value is -1.84. The lowest BCUT2D eigenvalue weighted by Crippen LogP contribution is -2.42. The lowest BCUT2D eigenvalue weighted by Gasteiger charge is -2.34. The molecule has 0 aromatic heterocycles. The van der Waals surface area contributed by atoms with E-state index < -0.39 is 0 Å². The van der Waals surface area contributed by atoms with Gasteiger partial charge < -0.3 is 10.6 Å². The van der Waals surface area contributed by atoms with Crippen molar-refractivity contribution < 1.29 is 4.79 Å². The Labute approximate surface area is 156 Å². The van der Waals surface area contributed by atoms with E-state index in [1.54, 1.807) is 0 Å². The van der Waals surface area contributed by atoms with Crippen LogP contribution in [0.25, 0.3) is 0 Å². The summed E-state index contributed by atoms with van der Waals surface area (Å²) in [6.45, 7) is 3.69. The number of hydrogen-bond acceptors (Lipinski definition) is 2. The molecule has 1 heterocycles. The molecule has 1 atom stereocenters. The van der Waals surface area contributed by atoms with E-state index in [2.05, 4.69) is 25.1 Å². The van der Waals surface area contributed by atoms with Gasteiger partial charge in [-0.05, 0) is 49.3 Å². The maximum absolute atomic E-state index is 13.0. The Morgan fingerprint density at radius 1 is 1.08 bits per heavy atom. The molecule has 2 aromatic rings. The molecule has 1 saturated heterocycles. The third-order valence-corrected chi connectivity index (χ3v) is 5.06. The maximum atomic E-state index is 13.0. The molecule has 1 fully saturated rings. The maximum Gasteiger partial charge on any atom is 0.254 e. The predicted octanol–water partition coefficient (Wildman–Crippen LogP) is 3.90. The van der Waals surface area contributed by atoms with E-state index in [1.807, 2.05) is 41.3 Å². The van der Waals surface area contributed by atoms with Crippen LogP contribution in [0.3, 0.4) is 0 Å². The molecule has 1 aliphatic rings. The van der Waals surface area contributed by atoms with Crippen molar-refractivity contribution in [3.63, 3.8) is 0 Å². The number of benzene rings is 2. The molecular formula is C21H27ClN2O. The molecule has 3 nitrogen and oxygen atoms in total. The lowest BCUT2D eigenvalue weighted by molar-refractivity contribution is 0.0680. The van der Waals surface area contributed by atoms with Crippen LogP contribution in [0.5, 0.6) is 0 Å². The van der Waals surface area contributed by atoms with Crippen LogP contribution in [-0.4, -0.2) is 29.9 Å². The standard InChI is InChI=1S/C21H26N2O.ClH/c1-16(22)18-11-13-23(14-12-18)21(24)20-10-6-5-9-19(20)15-17-7-3-2-4-8-17;/h2-10,16,18H,11-15,22H2,1H3;1H. The number of nitrogens with two attached hydrogens (primary N) is 1. The van der Waals surface area contributed by atoms with Crippen molar-refractivity contribution in [1.29, 1.82) is 0 Å². The fourth-order valence-electron chi connectivity index (χ4n) is 3.50. The van der Waals surface area contributed by atoms with Crippen LogP contribution in [0.4, 0.5) is 0 Å². The van der Waals surface area contributed by atoms with Gasteiger partial charge in [0.05, 0.1) is 0 Å². The molecule has 1 amide bonds. The third kappa shape index (κ3) is 4.83. The van der Waals surface area contributed by atoms with Gasteiger partial charge in [-0.15, -0.1) is 12.4 Å². The number of likely N-dealkylation sites (tertiary alicyclic amines) is 1. The van der Waals surface area contributed by atoms with Crippen molar-refractivity contribution in [3.05, 3.63) is 71.3 Å². The normalized spacial score (nSPS) is 16.2. The minimum atomic E-state index is 0. The molecule has 2 aromatic carbocycles. The summed E-state index contributed by atoms with van der Waals surface area (Å²) >= 11 is 0. The molecule has 25 heavy (non-hydrogen) atoms. The van der Waals surface area contributed by atoms with Gasteiger partial charge in [0.2, 0.25) is 0 Å². The molecule has 0 aliphatic carbocycles. The molecule has 1 aliphatic heterocycles. The van der Waals surface area contributed by atoms with E-state index >= 15 is 0 Å². The van der Waals surface area contributed by atoms with Crippen molar-refractivity contribution >= 4 is 18.3 Å². The van der Waals surface area contributed by atoms with Crippen molar-refractivity contribution in [2.75, 3.05) is 13.1 Å². The average molecular weight is 359 g/mol. The van der Waals surface area contributed by atoms with Crippen LogP contribution < -0.4 is 5.73 Å². The number of carbonyl (C=O) groups excluding carboxylic acids is 1. The highest BCUT2D eigenvalue weighted by molar-refractivity contribution is 5.95. The fraction of sp³-hybridized carbons (Fsp3) is 0.381. The van der Waals surface area contributed by atoms with E-state index in [4.69, 9.17) is 5.73 Å². The van der Waals surface area contributed by atoms with E-state index in [0.717, 1.165) is 43.5 Å². The van der Waals surface area contributed by atoms with Gasteiger partial charge in [0.25, 0.3) is 5.91 Å². The lowest BCUT2D eigenvalue weighted by atomic mass is 9.90. The highest BCUT2D eigenvalue weighted by atomic mass is 35.5. The minimum absolute atomic E-state index is 0. The number of hydrogen-bond donors (Lipinski definition) is 1. The zero-order valence-electron chi connectivity index (χ0n) is 14.7. The van der Waals surface area contributed by atoms with Crippen molar-refractivity contribution in [2.24, 2.45) is 11.7 Å². The van der Waals surface area contributed by atoms with Gasteiger partial charge in [0.1, 0.15) is 0 Å². The van der Waals surface area contributed by atoms with Crippen LogP contribution in [0.2, 0.25) is 0 Å². The number of amides is 1. The van der Waals surface area contributed by atoms with E-state index in [-0.39, 0.29) is 24.4 Å². The summed E-state index contributed by atoms with van der Waals surface area (Å²) < 4.78 is 0. The van der Waals surface area contributed by atoms with Gasteiger partial charge in [0, 0.05) is 24.7 Å². The topological polar surface area (TPSA) is 46.3 Å². The molecule has 0 saturated carbocycles. The quantitative estimate of drug-likeness (QED) is 0.900. The molecule has 2 N–H and O–H groups in total. The van der Waals surface area contributed by atoms with Crippen molar-refractivity contribution in [2.45, 2.75) is 32.2 Å². The first kappa shape index (κ1) is 19.5. The number of piperidine rings is 1. The monoisotopic (exact) mass is 358 g/mol. The Morgan fingerprint density at radius 3 is 2.32 bits per heavy atom. The molecule has 0 bridgehead atoms. The van der Waals surface area contributed by atoms with E-state index in [1.165, 1.54) is 5.56 Å². The SMILES string of the molecule is CC(N)C1CCN(C(=O)c2ccccc2Cc2ccccc2)CC1.Cl. The summed E-state index contributed by atoms with van der Waals surface area (Å²) in [6, 6.07) is 18.5. The van der Waals surface area contributed by atoms with Crippen LogP contribution in [0.15, 0.2) is 54.6 Å². The summed E-state index contributed by atoms with van der Waals surface area (Å²) in [5.74, 6) is 0.693. The largest absolute Gasteiger partial charge is 0.339 e. The Bertz CT molecular complexity index is 679. The Balaban J connectivity index is 0.00000225. The predicted molar refractivity (Wildman–Crippen MR) is 105 cm³/mol. The molecule has 134 valence electrons. The Morgan fingerprint density at radius 2 is 1.68 bits per heavy atom. The van der Waals surface area contributed by atoms with Gasteiger partial charge in [-0.3, -0.25) is 4.79 Å². The fourth-order valence-corrected chi connectivity index (χ4v) is 3.50. The first-order chi connectivity index (χ1) is 11.6. The van der Waals surface area contributed by atoms with Crippen LogP contribution >= 0.6 is 12.4 Å². The van der Waals surface area contributed by atoms with Crippen LogP contribution in [-0.2, 0) is 6.42 Å². The molecule has 0 radical (unpaired) electrons. The first-order valence-corrected chi connectivity index (χ1v) is 8.82. The minimum Gasteiger partial charge on any atom is -0.339 e. The highest BCUT2D eigenvalue weighted by Crippen LogP contribution is 2.23. The van der Waals surface area contributed by atoms with Gasteiger partial charge in [0.15, 0.2) is 0 Å². The smallest absolute Gasteiger partial charge is 0.254 e. The van der Waals surface area contributed by atoms with Gasteiger partial charge in [-0.2, -0.15) is 0 Å². The zero-order chi connectivity index (χ0) is 16.9. The van der Waals surface area contributed by atoms with E-state index in [9.17, 15) is 4.79 Å². The second kappa shape index (κ2) is 9.02. The summed E-state index contributed by atoms with van der Waals surface area (Å²) in [5.41, 5.74) is 9.17. The van der Waals surface area contributed by atoms with Gasteiger partial charge in [-0.1, -0.05) is 48.5 Å². The summed E-state index contributed by atoms with van der Waals surface area (Å²) in [5, 5.41) is 0. The average Bonchev–Trinajstić information content (AvgIpc) is 2.62. The highest BCUT2D eigenvalue weighted by Gasteiger charge is 2.26. The number of halogens is 1. The molecule has 0 spiro atoms. The first-order valence-electron chi connectivity index (χ1n) is 8.82. The molecule has 4 heteroatoms. The summed E-state index contributed by atoms with van der Waals surface area (Å²) in [6.07, 6.45) is 2.80.